The van der Waals surface area contributed by atoms with Crippen molar-refractivity contribution in [3.8, 4) is 5.75 Å². The highest BCUT2D eigenvalue weighted by Gasteiger charge is 2.17. The molecule has 3 aromatic rings. The maximum absolute atomic E-state index is 6.17. The maximum Gasteiger partial charge on any atom is 0.191 e. The summed E-state index contributed by atoms with van der Waals surface area (Å²) in [6, 6.07) is 14.5. The molecule has 1 aliphatic heterocycles. The molecule has 2 aromatic carbocycles. The summed E-state index contributed by atoms with van der Waals surface area (Å²) in [6.07, 6.45) is 1.07. The summed E-state index contributed by atoms with van der Waals surface area (Å²) in [6.45, 7) is 8.37. The van der Waals surface area contributed by atoms with E-state index >= 15 is 0 Å². The Morgan fingerprint density at radius 1 is 1.24 bits per heavy atom. The van der Waals surface area contributed by atoms with E-state index in [1.165, 1.54) is 5.56 Å². The lowest BCUT2D eigenvalue weighted by Gasteiger charge is -2.15. The highest BCUT2D eigenvalue weighted by atomic mass is 127. The van der Waals surface area contributed by atoms with Crippen molar-refractivity contribution in [3.63, 3.8) is 0 Å². The number of hydrogen-bond donors (Lipinski definition) is 2. The first-order valence-corrected chi connectivity index (χ1v) is 11.4. The predicted octanol–water partition coefficient (Wildman–Crippen LogP) is 4.17. The van der Waals surface area contributed by atoms with Gasteiger partial charge < -0.3 is 24.7 Å². The number of aromatic nitrogens is 2. The van der Waals surface area contributed by atoms with E-state index in [4.69, 9.17) is 19.5 Å². The summed E-state index contributed by atoms with van der Waals surface area (Å²) in [7, 11) is 2.04. The van der Waals surface area contributed by atoms with Crippen LogP contribution >= 0.6 is 24.0 Å². The smallest absolute Gasteiger partial charge is 0.191 e. The number of nitrogens with zero attached hydrogens (tertiary/aromatic N) is 3. The van der Waals surface area contributed by atoms with Crippen molar-refractivity contribution in [2.75, 3.05) is 26.4 Å². The molecule has 8 heteroatoms. The molecule has 1 aliphatic rings. The van der Waals surface area contributed by atoms with E-state index in [-0.39, 0.29) is 24.0 Å². The third-order valence-electron chi connectivity index (χ3n) is 5.77. The topological polar surface area (TPSA) is 72.7 Å². The Hall–Kier alpha value is -2.33. The van der Waals surface area contributed by atoms with Gasteiger partial charge in [0.05, 0.1) is 37.3 Å². The quantitative estimate of drug-likeness (QED) is 0.245. The molecule has 2 heterocycles. The Bertz CT molecular complexity index is 1080. The molecule has 1 aromatic heterocycles. The molecule has 1 saturated heterocycles. The number of aryl methyl sites for hydroxylation is 2. The van der Waals surface area contributed by atoms with Gasteiger partial charge in [-0.2, -0.15) is 0 Å². The second kappa shape index (κ2) is 12.2. The Morgan fingerprint density at radius 2 is 2.09 bits per heavy atom. The zero-order valence-corrected chi connectivity index (χ0v) is 22.0. The van der Waals surface area contributed by atoms with Crippen LogP contribution in [0.5, 0.6) is 5.75 Å². The predicted molar refractivity (Wildman–Crippen MR) is 143 cm³/mol. The number of nitrogens with one attached hydrogen (secondary N) is 2. The van der Waals surface area contributed by atoms with E-state index in [1.807, 2.05) is 25.2 Å². The largest absolute Gasteiger partial charge is 0.493 e. The molecule has 1 fully saturated rings. The molecule has 0 saturated carbocycles. The third-order valence-corrected chi connectivity index (χ3v) is 5.77. The van der Waals surface area contributed by atoms with Gasteiger partial charge in [0.2, 0.25) is 0 Å². The number of ether oxygens (including phenoxy) is 2. The molecular formula is C25H34IN5O2. The normalized spacial score (nSPS) is 16.0. The van der Waals surface area contributed by atoms with Gasteiger partial charge in [0.25, 0.3) is 0 Å². The Balaban J connectivity index is 0.00000306. The number of rotatable bonds is 8. The highest BCUT2D eigenvalue weighted by Crippen LogP contribution is 2.23. The number of benzene rings is 2. The summed E-state index contributed by atoms with van der Waals surface area (Å²) in [5, 5.41) is 6.74. The molecular weight excluding hydrogens is 529 g/mol. The van der Waals surface area contributed by atoms with E-state index in [0.29, 0.717) is 25.6 Å². The van der Waals surface area contributed by atoms with Gasteiger partial charge in [-0.25, -0.2) is 9.98 Å². The van der Waals surface area contributed by atoms with Crippen LogP contribution < -0.4 is 15.4 Å². The highest BCUT2D eigenvalue weighted by molar-refractivity contribution is 14.0. The molecule has 0 bridgehead atoms. The lowest BCUT2D eigenvalue weighted by Crippen LogP contribution is -2.37. The van der Waals surface area contributed by atoms with Crippen molar-refractivity contribution in [2.45, 2.75) is 33.4 Å². The molecule has 2 N–H and O–H groups in total. The molecule has 4 rings (SSSR count). The average molecular weight is 563 g/mol. The minimum Gasteiger partial charge on any atom is -0.493 e. The molecule has 7 nitrogen and oxygen atoms in total. The van der Waals surface area contributed by atoms with E-state index in [1.54, 1.807) is 0 Å². The first kappa shape index (κ1) is 25.3. The molecule has 1 unspecified atom stereocenters. The lowest BCUT2D eigenvalue weighted by atomic mass is 10.1. The number of halogens is 1. The van der Waals surface area contributed by atoms with Gasteiger partial charge in [0.15, 0.2) is 5.96 Å². The number of para-hydroxylation sites is 2. The molecule has 0 spiro atoms. The van der Waals surface area contributed by atoms with Gasteiger partial charge in [-0.05, 0) is 44.0 Å². The van der Waals surface area contributed by atoms with E-state index in [2.05, 4.69) is 53.3 Å². The van der Waals surface area contributed by atoms with Crippen LogP contribution in [0.4, 0.5) is 0 Å². The summed E-state index contributed by atoms with van der Waals surface area (Å²) in [5.41, 5.74) is 4.39. The number of guanidine groups is 1. The Labute approximate surface area is 213 Å². The van der Waals surface area contributed by atoms with Crippen LogP contribution in [0.2, 0.25) is 0 Å². The second-order valence-electron chi connectivity index (χ2n) is 8.28. The van der Waals surface area contributed by atoms with Gasteiger partial charge in [-0.1, -0.05) is 24.3 Å². The first-order valence-electron chi connectivity index (χ1n) is 11.4. The summed E-state index contributed by atoms with van der Waals surface area (Å²) in [4.78, 5) is 9.54. The van der Waals surface area contributed by atoms with Gasteiger partial charge >= 0.3 is 0 Å². The van der Waals surface area contributed by atoms with Crippen LogP contribution in [-0.4, -0.2) is 41.9 Å². The summed E-state index contributed by atoms with van der Waals surface area (Å²) < 4.78 is 13.8. The Kier molecular flexibility index (Phi) is 9.37. The van der Waals surface area contributed by atoms with Crippen molar-refractivity contribution >= 4 is 41.0 Å². The van der Waals surface area contributed by atoms with Crippen LogP contribution in [0, 0.1) is 12.8 Å². The van der Waals surface area contributed by atoms with Crippen molar-refractivity contribution in [2.24, 2.45) is 18.0 Å². The van der Waals surface area contributed by atoms with Gasteiger partial charge in [0, 0.05) is 31.7 Å². The van der Waals surface area contributed by atoms with Gasteiger partial charge in [0.1, 0.15) is 11.6 Å². The van der Waals surface area contributed by atoms with E-state index in [0.717, 1.165) is 60.3 Å². The van der Waals surface area contributed by atoms with Crippen LogP contribution in [-0.2, 0) is 24.9 Å². The lowest BCUT2D eigenvalue weighted by molar-refractivity contribution is 0.166. The summed E-state index contributed by atoms with van der Waals surface area (Å²) >= 11 is 0. The van der Waals surface area contributed by atoms with Crippen LogP contribution in [0.25, 0.3) is 11.0 Å². The van der Waals surface area contributed by atoms with Crippen molar-refractivity contribution in [1.29, 1.82) is 0 Å². The fourth-order valence-electron chi connectivity index (χ4n) is 3.87. The molecule has 0 amide bonds. The molecule has 0 aliphatic carbocycles. The zero-order valence-electron chi connectivity index (χ0n) is 19.6. The number of imidazole rings is 1. The van der Waals surface area contributed by atoms with E-state index < -0.39 is 0 Å². The van der Waals surface area contributed by atoms with Gasteiger partial charge in [-0.15, -0.1) is 24.0 Å². The third kappa shape index (κ3) is 6.60. The van der Waals surface area contributed by atoms with Crippen molar-refractivity contribution < 1.29 is 9.47 Å². The Morgan fingerprint density at radius 3 is 2.85 bits per heavy atom. The van der Waals surface area contributed by atoms with Crippen molar-refractivity contribution in [3.05, 3.63) is 59.4 Å². The van der Waals surface area contributed by atoms with Crippen LogP contribution in [0.3, 0.4) is 0 Å². The standard InChI is InChI=1S/C25H33N5O2.HI/c1-4-26-25(28-15-24-29-21-7-5-6-8-22(21)30(24)3)27-14-20-10-9-18(2)13-23(20)32-17-19-11-12-31-16-19;/h5-10,13,19H,4,11-12,14-17H2,1-3H3,(H2,26,27,28);1H. The molecule has 0 radical (unpaired) electrons. The zero-order chi connectivity index (χ0) is 22.3. The molecule has 33 heavy (non-hydrogen) atoms. The first-order chi connectivity index (χ1) is 15.6. The molecule has 178 valence electrons. The molecule has 1 atom stereocenters. The fourth-order valence-corrected chi connectivity index (χ4v) is 3.87. The minimum absolute atomic E-state index is 0. The summed E-state index contributed by atoms with van der Waals surface area (Å²) in [5.74, 6) is 3.11. The monoisotopic (exact) mass is 563 g/mol. The maximum atomic E-state index is 6.17. The van der Waals surface area contributed by atoms with Crippen LogP contribution in [0.1, 0.15) is 30.3 Å². The SMILES string of the molecule is CCNC(=NCc1ccc(C)cc1OCC1CCOC1)NCc1nc2ccccc2n1C.I. The number of aliphatic imine (C=N–C) groups is 1. The number of hydrogen-bond acceptors (Lipinski definition) is 4. The average Bonchev–Trinajstić information content (AvgIpc) is 3.43. The van der Waals surface area contributed by atoms with Gasteiger partial charge in [-0.3, -0.25) is 0 Å². The minimum atomic E-state index is 0. The second-order valence-corrected chi connectivity index (χ2v) is 8.28. The van der Waals surface area contributed by atoms with Crippen molar-refractivity contribution in [1.82, 2.24) is 20.2 Å². The number of fused-ring (bicyclic) bond motifs is 1. The van der Waals surface area contributed by atoms with E-state index in [9.17, 15) is 0 Å². The van der Waals surface area contributed by atoms with Crippen LogP contribution in [0.15, 0.2) is 47.5 Å². The fraction of sp³-hybridized carbons (Fsp3) is 0.440.